The second kappa shape index (κ2) is 10.4. The Morgan fingerprint density at radius 1 is 1.16 bits per heavy atom. The molecule has 1 aromatic heterocycles. The van der Waals surface area contributed by atoms with E-state index in [9.17, 15) is 0 Å². The van der Waals surface area contributed by atoms with Crippen LogP contribution < -0.4 is 5.43 Å². The SMILES string of the molecule is CC/C=C\C=C(/C=N)C(N=Nc1ccccn1)=NNc1ccccc1. The van der Waals surface area contributed by atoms with Crippen molar-refractivity contribution >= 4 is 23.6 Å². The number of rotatable bonds is 7. The van der Waals surface area contributed by atoms with Crippen molar-refractivity contribution in [1.82, 2.24) is 4.98 Å². The molecule has 0 aliphatic heterocycles. The number of hydrogen-bond donors (Lipinski definition) is 2. The Bertz CT molecular complexity index is 776. The summed E-state index contributed by atoms with van der Waals surface area (Å²) in [5.74, 6) is 0.772. The first-order chi connectivity index (χ1) is 12.3. The lowest BCUT2D eigenvalue weighted by atomic mass is 10.2. The first kappa shape index (κ1) is 17.9. The number of pyridine rings is 1. The van der Waals surface area contributed by atoms with E-state index in [2.05, 4.69) is 25.7 Å². The lowest BCUT2D eigenvalue weighted by Crippen LogP contribution is -2.04. The highest BCUT2D eigenvalue weighted by Gasteiger charge is 2.04. The number of benzene rings is 1. The molecule has 0 amide bonds. The summed E-state index contributed by atoms with van der Waals surface area (Å²) in [6.07, 6.45) is 9.38. The molecule has 25 heavy (non-hydrogen) atoms. The lowest BCUT2D eigenvalue weighted by Gasteiger charge is -2.03. The summed E-state index contributed by atoms with van der Waals surface area (Å²) in [7, 11) is 0. The molecule has 2 aromatic rings. The smallest absolute Gasteiger partial charge is 0.202 e. The molecule has 6 nitrogen and oxygen atoms in total. The van der Waals surface area contributed by atoms with Crippen LogP contribution in [0.2, 0.25) is 0 Å². The maximum Gasteiger partial charge on any atom is 0.202 e. The van der Waals surface area contributed by atoms with Crippen molar-refractivity contribution in [2.45, 2.75) is 13.3 Å². The molecule has 0 saturated heterocycles. The van der Waals surface area contributed by atoms with E-state index in [1.54, 1.807) is 18.3 Å². The number of nitrogens with zero attached hydrogens (tertiary/aromatic N) is 4. The van der Waals surface area contributed by atoms with Crippen molar-refractivity contribution < 1.29 is 0 Å². The third kappa shape index (κ3) is 6.31. The van der Waals surface area contributed by atoms with Crippen LogP contribution in [-0.4, -0.2) is 17.0 Å². The van der Waals surface area contributed by atoms with Gasteiger partial charge in [0.05, 0.1) is 5.69 Å². The van der Waals surface area contributed by atoms with Crippen molar-refractivity contribution in [2.75, 3.05) is 5.43 Å². The first-order valence-electron chi connectivity index (χ1n) is 7.92. The van der Waals surface area contributed by atoms with Gasteiger partial charge in [0.25, 0.3) is 0 Å². The van der Waals surface area contributed by atoms with Crippen molar-refractivity contribution in [3.8, 4) is 0 Å². The van der Waals surface area contributed by atoms with Crippen LogP contribution in [0.3, 0.4) is 0 Å². The topological polar surface area (TPSA) is 85.8 Å². The second-order valence-corrected chi connectivity index (χ2v) is 4.90. The zero-order chi connectivity index (χ0) is 17.7. The van der Waals surface area contributed by atoms with E-state index in [-0.39, 0.29) is 0 Å². The van der Waals surface area contributed by atoms with Gasteiger partial charge in [0.15, 0.2) is 5.82 Å². The Morgan fingerprint density at radius 2 is 1.96 bits per heavy atom. The molecule has 1 aromatic carbocycles. The Labute approximate surface area is 147 Å². The highest BCUT2D eigenvalue weighted by atomic mass is 15.3. The zero-order valence-corrected chi connectivity index (χ0v) is 14.0. The predicted molar refractivity (Wildman–Crippen MR) is 103 cm³/mol. The van der Waals surface area contributed by atoms with E-state index in [0.29, 0.717) is 17.2 Å². The molecule has 0 radical (unpaired) electrons. The lowest BCUT2D eigenvalue weighted by molar-refractivity contribution is 1.16. The summed E-state index contributed by atoms with van der Waals surface area (Å²) in [6.45, 7) is 2.04. The van der Waals surface area contributed by atoms with E-state index >= 15 is 0 Å². The van der Waals surface area contributed by atoms with Gasteiger partial charge in [0.2, 0.25) is 5.84 Å². The summed E-state index contributed by atoms with van der Waals surface area (Å²) in [5.41, 5.74) is 4.29. The average molecular weight is 332 g/mol. The molecule has 0 atom stereocenters. The Kier molecular flexibility index (Phi) is 7.45. The van der Waals surface area contributed by atoms with Crippen molar-refractivity contribution in [3.63, 3.8) is 0 Å². The molecule has 0 fully saturated rings. The quantitative estimate of drug-likeness (QED) is 0.242. The van der Waals surface area contributed by atoms with Crippen LogP contribution in [0.25, 0.3) is 0 Å². The highest BCUT2D eigenvalue weighted by molar-refractivity contribution is 6.15. The molecule has 0 aliphatic carbocycles. The summed E-state index contributed by atoms with van der Waals surface area (Å²) >= 11 is 0. The summed E-state index contributed by atoms with van der Waals surface area (Å²) in [4.78, 5) is 4.10. The van der Waals surface area contributed by atoms with Gasteiger partial charge in [-0.25, -0.2) is 4.98 Å². The summed E-state index contributed by atoms with van der Waals surface area (Å²) < 4.78 is 0. The van der Waals surface area contributed by atoms with Crippen LogP contribution in [0, 0.1) is 5.41 Å². The number of hydrogen-bond acceptors (Lipinski definition) is 5. The fraction of sp³-hybridized carbons (Fsp3) is 0.105. The first-order valence-corrected chi connectivity index (χ1v) is 7.92. The van der Waals surface area contributed by atoms with E-state index in [0.717, 1.165) is 12.1 Å². The minimum atomic E-state index is 0.297. The van der Waals surface area contributed by atoms with Crippen molar-refractivity contribution in [1.29, 1.82) is 5.41 Å². The number of anilines is 1. The Balaban J connectivity index is 2.29. The number of nitrogens with one attached hydrogen (secondary N) is 2. The van der Waals surface area contributed by atoms with Gasteiger partial charge in [-0.2, -0.15) is 5.10 Å². The molecule has 1 heterocycles. The fourth-order valence-electron chi connectivity index (χ4n) is 1.78. The normalized spacial score (nSPS) is 12.7. The number of hydrazone groups is 1. The molecule has 0 saturated carbocycles. The molecule has 0 unspecified atom stereocenters. The molecule has 6 heteroatoms. The van der Waals surface area contributed by atoms with Crippen molar-refractivity contribution in [2.24, 2.45) is 15.3 Å². The van der Waals surface area contributed by atoms with Gasteiger partial charge in [-0.15, -0.1) is 10.2 Å². The van der Waals surface area contributed by atoms with Gasteiger partial charge < -0.3 is 5.41 Å². The minimum Gasteiger partial charge on any atom is -0.308 e. The van der Waals surface area contributed by atoms with Gasteiger partial charge >= 0.3 is 0 Å². The predicted octanol–water partition coefficient (Wildman–Crippen LogP) is 5.13. The van der Waals surface area contributed by atoms with Crippen LogP contribution in [0.1, 0.15) is 13.3 Å². The van der Waals surface area contributed by atoms with Gasteiger partial charge in [-0.1, -0.05) is 43.3 Å². The minimum absolute atomic E-state index is 0.297. The molecular formula is C19H20N6. The third-order valence-corrected chi connectivity index (χ3v) is 3.02. The monoisotopic (exact) mass is 332 g/mol. The van der Waals surface area contributed by atoms with Gasteiger partial charge in [-0.05, 0) is 36.8 Å². The van der Waals surface area contributed by atoms with Crippen LogP contribution >= 0.6 is 0 Å². The van der Waals surface area contributed by atoms with Crippen LogP contribution in [0.5, 0.6) is 0 Å². The van der Waals surface area contributed by atoms with E-state index in [4.69, 9.17) is 5.41 Å². The number of aromatic nitrogens is 1. The number of azo groups is 1. The number of allylic oxidation sites excluding steroid dienone is 3. The maximum atomic E-state index is 7.64. The van der Waals surface area contributed by atoms with Gasteiger partial charge in [0, 0.05) is 18.0 Å². The molecule has 126 valence electrons. The van der Waals surface area contributed by atoms with Gasteiger partial charge in [-0.3, -0.25) is 5.43 Å². The third-order valence-electron chi connectivity index (χ3n) is 3.02. The summed E-state index contributed by atoms with van der Waals surface area (Å²) in [5, 5.41) is 20.2. The number of amidine groups is 1. The van der Waals surface area contributed by atoms with Crippen LogP contribution in [0.15, 0.2) is 93.9 Å². The summed E-state index contributed by atoms with van der Waals surface area (Å²) in [6, 6.07) is 14.9. The fourth-order valence-corrected chi connectivity index (χ4v) is 1.78. The van der Waals surface area contributed by atoms with E-state index in [1.807, 2.05) is 61.5 Å². The Morgan fingerprint density at radius 3 is 2.64 bits per heavy atom. The van der Waals surface area contributed by atoms with Crippen LogP contribution in [-0.2, 0) is 0 Å². The molecule has 0 aliphatic rings. The number of para-hydroxylation sites is 1. The van der Waals surface area contributed by atoms with E-state index in [1.165, 1.54) is 6.21 Å². The van der Waals surface area contributed by atoms with Crippen LogP contribution in [0.4, 0.5) is 11.5 Å². The molecule has 0 bridgehead atoms. The van der Waals surface area contributed by atoms with Crippen molar-refractivity contribution in [3.05, 3.63) is 78.5 Å². The standard InChI is InChI=1S/C19H20N6/c1-2-3-5-10-16(15-20)19(24-22-17-11-6-4-7-12-17)25-23-18-13-8-9-14-21-18/h3-15,20,22H,2H2,1H3/b5-3-,16-10+,20-15?,24-19?,25-23?. The largest absolute Gasteiger partial charge is 0.308 e. The average Bonchev–Trinajstić information content (AvgIpc) is 2.68. The zero-order valence-electron chi connectivity index (χ0n) is 14.0. The Hall–Kier alpha value is -3.41. The molecule has 2 rings (SSSR count). The highest BCUT2D eigenvalue weighted by Crippen LogP contribution is 2.10. The van der Waals surface area contributed by atoms with Gasteiger partial charge in [0.1, 0.15) is 0 Å². The second-order valence-electron chi connectivity index (χ2n) is 4.90. The van der Waals surface area contributed by atoms with E-state index < -0.39 is 0 Å². The maximum absolute atomic E-state index is 7.64. The molecule has 2 N–H and O–H groups in total. The molecule has 0 spiro atoms. The molecular weight excluding hydrogens is 312 g/mol.